The van der Waals surface area contributed by atoms with E-state index in [1.165, 1.54) is 5.56 Å². The van der Waals surface area contributed by atoms with Crippen molar-refractivity contribution < 1.29 is 19.6 Å². The summed E-state index contributed by atoms with van der Waals surface area (Å²) < 4.78 is 5.98. The van der Waals surface area contributed by atoms with E-state index in [4.69, 9.17) is 10.5 Å². The molecule has 0 aliphatic carbocycles. The number of carbonyl (C=O) groups excluding carboxylic acids is 1. The van der Waals surface area contributed by atoms with Crippen LogP contribution in [0.4, 0.5) is 0 Å². The lowest BCUT2D eigenvalue weighted by molar-refractivity contribution is 0.0646. The van der Waals surface area contributed by atoms with Gasteiger partial charge in [0.05, 0.1) is 6.61 Å². The zero-order valence-corrected chi connectivity index (χ0v) is 18.4. The second kappa shape index (κ2) is 8.67. The molecule has 6 nitrogen and oxygen atoms in total. The van der Waals surface area contributed by atoms with E-state index in [9.17, 15) is 14.8 Å². The van der Waals surface area contributed by atoms with E-state index in [1.54, 1.807) is 18.2 Å². The summed E-state index contributed by atoms with van der Waals surface area (Å²) in [6, 6.07) is 20.8. The molecule has 3 aromatic carbocycles. The first-order valence-corrected chi connectivity index (χ1v) is 11.3. The molecule has 5 rings (SSSR count). The van der Waals surface area contributed by atoms with Crippen LogP contribution in [-0.2, 0) is 12.0 Å². The summed E-state index contributed by atoms with van der Waals surface area (Å²) in [5, 5.41) is 18.9. The first kappa shape index (κ1) is 21.7. The molecule has 7 heteroatoms. The highest BCUT2D eigenvalue weighted by atomic mass is 16.5. The number of carbonyl (C=O) groups is 1. The molecule has 0 unspecified atom stereocenters. The summed E-state index contributed by atoms with van der Waals surface area (Å²) in [5.74, 6) is 0.954. The maximum absolute atomic E-state index is 13.3. The molecule has 1 amide bonds. The third-order valence-electron chi connectivity index (χ3n) is 6.99. The summed E-state index contributed by atoms with van der Waals surface area (Å²) >= 11 is 0. The minimum absolute atomic E-state index is 0.0138. The largest absolute Gasteiger partial charge is 0.492 e. The fourth-order valence-corrected chi connectivity index (χ4v) is 4.98. The molecule has 2 aliphatic rings. The summed E-state index contributed by atoms with van der Waals surface area (Å²) in [7, 11) is -1.53. The SMILES string of the molecule is NCc1ccc2c(c1)C1(CCN(C(=O)c3cccc(-c4cccc(B(O)O)c4)c3)CC1)CO2. The van der Waals surface area contributed by atoms with Crippen molar-refractivity contribution in [3.63, 3.8) is 0 Å². The Hall–Kier alpha value is -3.13. The molecule has 2 aliphatic heterocycles. The van der Waals surface area contributed by atoms with Gasteiger partial charge in [0, 0.05) is 36.2 Å². The molecular formula is C26H27BN2O4. The van der Waals surface area contributed by atoms with Gasteiger partial charge < -0.3 is 25.4 Å². The maximum Gasteiger partial charge on any atom is 0.488 e. The van der Waals surface area contributed by atoms with Crippen LogP contribution >= 0.6 is 0 Å². The van der Waals surface area contributed by atoms with Gasteiger partial charge in [-0.05, 0) is 53.2 Å². The van der Waals surface area contributed by atoms with Crippen molar-refractivity contribution in [2.75, 3.05) is 19.7 Å². The lowest BCUT2D eigenvalue weighted by atomic mass is 9.74. The smallest absolute Gasteiger partial charge is 0.488 e. The summed E-state index contributed by atoms with van der Waals surface area (Å²) in [6.45, 7) is 2.50. The number of rotatable bonds is 4. The van der Waals surface area contributed by atoms with E-state index >= 15 is 0 Å². The maximum atomic E-state index is 13.3. The molecule has 1 spiro atoms. The van der Waals surface area contributed by atoms with Gasteiger partial charge >= 0.3 is 7.12 Å². The molecule has 0 aromatic heterocycles. The molecular weight excluding hydrogens is 415 g/mol. The Bertz CT molecular complexity index is 1190. The molecule has 0 radical (unpaired) electrons. The van der Waals surface area contributed by atoms with Crippen LogP contribution in [-0.4, -0.2) is 47.7 Å². The van der Waals surface area contributed by atoms with Crippen LogP contribution in [0.15, 0.2) is 66.7 Å². The van der Waals surface area contributed by atoms with E-state index in [-0.39, 0.29) is 11.3 Å². The van der Waals surface area contributed by atoms with Crippen LogP contribution in [0.1, 0.15) is 34.3 Å². The predicted molar refractivity (Wildman–Crippen MR) is 128 cm³/mol. The average molecular weight is 442 g/mol. The number of piperidine rings is 1. The van der Waals surface area contributed by atoms with Gasteiger partial charge in [-0.3, -0.25) is 4.79 Å². The fourth-order valence-electron chi connectivity index (χ4n) is 4.98. The summed E-state index contributed by atoms with van der Waals surface area (Å²) in [5.41, 5.74) is 10.9. The Balaban J connectivity index is 1.33. The zero-order valence-electron chi connectivity index (χ0n) is 18.4. The molecule has 0 bridgehead atoms. The van der Waals surface area contributed by atoms with Crippen molar-refractivity contribution in [3.8, 4) is 16.9 Å². The van der Waals surface area contributed by atoms with Gasteiger partial charge in [0.15, 0.2) is 0 Å². The lowest BCUT2D eigenvalue weighted by Crippen LogP contribution is -2.46. The lowest BCUT2D eigenvalue weighted by Gasteiger charge is -2.38. The highest BCUT2D eigenvalue weighted by Crippen LogP contribution is 2.46. The first-order chi connectivity index (χ1) is 16.0. The van der Waals surface area contributed by atoms with E-state index in [0.717, 1.165) is 35.3 Å². The number of benzene rings is 3. The third kappa shape index (κ3) is 4.04. The topological polar surface area (TPSA) is 96.0 Å². The number of fused-ring (bicyclic) bond motifs is 2. The van der Waals surface area contributed by atoms with Gasteiger partial charge in [-0.15, -0.1) is 0 Å². The van der Waals surface area contributed by atoms with Gasteiger partial charge in [-0.25, -0.2) is 0 Å². The normalized spacial score (nSPS) is 16.4. The Morgan fingerprint density at radius 1 is 1.00 bits per heavy atom. The van der Waals surface area contributed by atoms with Crippen molar-refractivity contribution in [2.24, 2.45) is 5.73 Å². The van der Waals surface area contributed by atoms with Crippen LogP contribution in [0.2, 0.25) is 0 Å². The molecule has 33 heavy (non-hydrogen) atoms. The molecule has 0 saturated carbocycles. The van der Waals surface area contributed by atoms with Gasteiger partial charge in [0.25, 0.3) is 5.91 Å². The Morgan fingerprint density at radius 3 is 2.45 bits per heavy atom. The second-order valence-corrected chi connectivity index (χ2v) is 8.98. The minimum atomic E-state index is -1.53. The van der Waals surface area contributed by atoms with Crippen LogP contribution in [0.3, 0.4) is 0 Å². The fraction of sp³-hybridized carbons (Fsp3) is 0.269. The average Bonchev–Trinajstić information content (AvgIpc) is 3.21. The second-order valence-electron chi connectivity index (χ2n) is 8.98. The van der Waals surface area contributed by atoms with Crippen molar-refractivity contribution in [1.29, 1.82) is 0 Å². The number of hydrogen-bond acceptors (Lipinski definition) is 5. The number of amides is 1. The number of nitrogens with two attached hydrogens (primary N) is 1. The monoisotopic (exact) mass is 442 g/mol. The highest BCUT2D eigenvalue weighted by molar-refractivity contribution is 6.58. The van der Waals surface area contributed by atoms with Gasteiger partial charge in [-0.1, -0.05) is 48.5 Å². The number of likely N-dealkylation sites (tertiary alicyclic amines) is 1. The number of nitrogens with zero attached hydrogens (tertiary/aromatic N) is 1. The predicted octanol–water partition coefficient (Wildman–Crippen LogP) is 2.06. The Kier molecular flexibility index (Phi) is 5.70. The molecule has 1 saturated heterocycles. The third-order valence-corrected chi connectivity index (χ3v) is 6.99. The van der Waals surface area contributed by atoms with Gasteiger partial charge in [0.1, 0.15) is 5.75 Å². The zero-order chi connectivity index (χ0) is 23.0. The minimum Gasteiger partial charge on any atom is -0.492 e. The summed E-state index contributed by atoms with van der Waals surface area (Å²) in [6.07, 6.45) is 1.71. The van der Waals surface area contributed by atoms with Crippen LogP contribution in [0, 0.1) is 0 Å². The Morgan fingerprint density at radius 2 is 1.73 bits per heavy atom. The van der Waals surface area contributed by atoms with Gasteiger partial charge in [-0.2, -0.15) is 0 Å². The van der Waals surface area contributed by atoms with E-state index < -0.39 is 7.12 Å². The highest BCUT2D eigenvalue weighted by Gasteiger charge is 2.44. The molecule has 2 heterocycles. The van der Waals surface area contributed by atoms with Crippen molar-refractivity contribution in [3.05, 3.63) is 83.4 Å². The van der Waals surface area contributed by atoms with Crippen LogP contribution in [0.5, 0.6) is 5.75 Å². The van der Waals surface area contributed by atoms with E-state index in [0.29, 0.717) is 37.3 Å². The van der Waals surface area contributed by atoms with Crippen LogP contribution in [0.25, 0.3) is 11.1 Å². The molecule has 3 aromatic rings. The number of ether oxygens (including phenoxy) is 1. The number of hydrogen-bond donors (Lipinski definition) is 3. The van der Waals surface area contributed by atoms with Crippen molar-refractivity contribution in [1.82, 2.24) is 4.90 Å². The standard InChI is InChI=1S/C26H27BN2O4/c28-16-18-7-8-24-23(13-18)26(17-33-24)9-11-29(12-10-26)25(30)21-5-1-3-19(14-21)20-4-2-6-22(15-20)27(31)32/h1-8,13-15,31-32H,9-12,16-17,28H2. The van der Waals surface area contributed by atoms with E-state index in [1.807, 2.05) is 47.4 Å². The first-order valence-electron chi connectivity index (χ1n) is 11.3. The molecule has 0 atom stereocenters. The van der Waals surface area contributed by atoms with E-state index in [2.05, 4.69) is 6.07 Å². The van der Waals surface area contributed by atoms with Crippen LogP contribution < -0.4 is 15.9 Å². The quantitative estimate of drug-likeness (QED) is 0.538. The molecule has 1 fully saturated rings. The Labute approximate surface area is 193 Å². The van der Waals surface area contributed by atoms with Crippen molar-refractivity contribution in [2.45, 2.75) is 24.8 Å². The molecule has 168 valence electrons. The summed E-state index contributed by atoms with van der Waals surface area (Å²) in [4.78, 5) is 15.2. The van der Waals surface area contributed by atoms with Crippen molar-refractivity contribution >= 4 is 18.5 Å². The van der Waals surface area contributed by atoms with Gasteiger partial charge in [0.2, 0.25) is 0 Å². The molecule has 4 N–H and O–H groups in total.